The van der Waals surface area contributed by atoms with Crippen LogP contribution in [-0.4, -0.2) is 31.6 Å². The van der Waals surface area contributed by atoms with Crippen LogP contribution in [0.3, 0.4) is 0 Å². The van der Waals surface area contributed by atoms with Gasteiger partial charge in [-0.1, -0.05) is 47.5 Å². The van der Waals surface area contributed by atoms with Gasteiger partial charge in [0, 0.05) is 29.5 Å². The molecule has 0 radical (unpaired) electrons. The molecule has 0 saturated heterocycles. The number of para-hydroxylation sites is 1. The van der Waals surface area contributed by atoms with Gasteiger partial charge in [-0.3, -0.25) is 9.69 Å². The Morgan fingerprint density at radius 2 is 1.42 bits per heavy atom. The van der Waals surface area contributed by atoms with Crippen molar-refractivity contribution in [3.05, 3.63) is 114 Å². The van der Waals surface area contributed by atoms with Crippen molar-refractivity contribution < 1.29 is 19.1 Å². The zero-order valence-corrected chi connectivity index (χ0v) is 21.7. The van der Waals surface area contributed by atoms with Crippen molar-refractivity contribution >= 4 is 34.9 Å². The van der Waals surface area contributed by atoms with Crippen molar-refractivity contribution in [3.63, 3.8) is 0 Å². The normalized spacial score (nSPS) is 10.4. The van der Waals surface area contributed by atoms with E-state index in [9.17, 15) is 9.59 Å². The van der Waals surface area contributed by atoms with E-state index in [1.807, 2.05) is 61.5 Å². The van der Waals surface area contributed by atoms with Crippen LogP contribution in [0.5, 0.6) is 17.2 Å². The lowest BCUT2D eigenvalue weighted by Crippen LogP contribution is -2.42. The Bertz CT molecular complexity index is 1330. The largest absolute Gasteiger partial charge is 0.484 e. The van der Waals surface area contributed by atoms with E-state index in [4.69, 9.17) is 21.1 Å². The molecule has 4 aromatic carbocycles. The minimum Gasteiger partial charge on any atom is -0.484 e. The summed E-state index contributed by atoms with van der Waals surface area (Å²) in [7, 11) is 0. The summed E-state index contributed by atoms with van der Waals surface area (Å²) in [5.41, 5.74) is 2.43. The number of urea groups is 1. The van der Waals surface area contributed by atoms with Gasteiger partial charge in [0.15, 0.2) is 6.61 Å². The second kappa shape index (κ2) is 13.2. The van der Waals surface area contributed by atoms with E-state index in [1.165, 1.54) is 0 Å². The molecule has 8 heteroatoms. The lowest BCUT2D eigenvalue weighted by Gasteiger charge is -2.24. The molecule has 0 aliphatic rings. The maximum absolute atomic E-state index is 13.2. The number of carbonyl (C=O) groups excluding carboxylic acids is 2. The zero-order valence-electron chi connectivity index (χ0n) is 20.9. The van der Waals surface area contributed by atoms with Crippen molar-refractivity contribution in [2.24, 2.45) is 0 Å². The number of carbonyl (C=O) groups is 2. The van der Waals surface area contributed by atoms with E-state index in [2.05, 4.69) is 10.6 Å². The van der Waals surface area contributed by atoms with Gasteiger partial charge in [0.25, 0.3) is 5.91 Å². The van der Waals surface area contributed by atoms with Gasteiger partial charge in [-0.15, -0.1) is 0 Å². The monoisotopic (exact) mass is 529 g/mol. The Kier molecular flexibility index (Phi) is 9.21. The summed E-state index contributed by atoms with van der Waals surface area (Å²) in [6.07, 6.45) is 0. The lowest BCUT2D eigenvalue weighted by atomic mass is 10.2. The van der Waals surface area contributed by atoms with Crippen molar-refractivity contribution in [2.45, 2.75) is 6.92 Å². The smallest absolute Gasteiger partial charge is 0.326 e. The quantitative estimate of drug-likeness (QED) is 0.240. The summed E-state index contributed by atoms with van der Waals surface area (Å²) < 4.78 is 11.4. The molecular formula is C30H28ClN3O4. The minimum atomic E-state index is -0.322. The molecule has 0 aliphatic carbocycles. The molecule has 0 bridgehead atoms. The highest BCUT2D eigenvalue weighted by Gasteiger charge is 2.17. The molecular weight excluding hydrogens is 502 g/mol. The lowest BCUT2D eigenvalue weighted by molar-refractivity contribution is -0.123. The van der Waals surface area contributed by atoms with Crippen LogP contribution in [0.25, 0.3) is 0 Å². The fraction of sp³-hybridized carbons (Fsp3) is 0.133. The summed E-state index contributed by atoms with van der Waals surface area (Å²) in [4.78, 5) is 27.1. The Labute approximate surface area is 227 Å². The molecule has 0 spiro atoms. The predicted octanol–water partition coefficient (Wildman–Crippen LogP) is 6.67. The SMILES string of the molecule is Cc1ccc(NC(=O)N(CCNC(=O)COc2ccc(Cl)cc2)c2ccc(Oc3ccccc3)cc2)cc1. The summed E-state index contributed by atoms with van der Waals surface area (Å²) in [6.45, 7) is 2.30. The standard InChI is InChI=1S/C30H28ClN3O4/c1-22-7-11-24(12-8-22)33-30(36)34(20-19-32-29(35)21-37-26-15-9-23(31)10-16-26)25-13-17-28(18-14-25)38-27-5-3-2-4-6-27/h2-18H,19-21H2,1H3,(H,32,35)(H,33,36). The number of aryl methyl sites for hydroxylation is 1. The maximum atomic E-state index is 13.2. The van der Waals surface area contributed by atoms with Crippen LogP contribution in [-0.2, 0) is 4.79 Å². The number of hydrogen-bond acceptors (Lipinski definition) is 4. The first-order valence-electron chi connectivity index (χ1n) is 12.1. The van der Waals surface area contributed by atoms with E-state index in [-0.39, 0.29) is 31.6 Å². The molecule has 0 fully saturated rings. The van der Waals surface area contributed by atoms with Gasteiger partial charge in [0.05, 0.1) is 0 Å². The number of rotatable bonds is 10. The Hall–Kier alpha value is -4.49. The van der Waals surface area contributed by atoms with Crippen LogP contribution in [0.15, 0.2) is 103 Å². The third-order valence-electron chi connectivity index (χ3n) is 5.52. The second-order valence-corrected chi connectivity index (χ2v) is 8.89. The number of nitrogens with one attached hydrogen (secondary N) is 2. The van der Waals surface area contributed by atoms with Crippen LogP contribution in [0.4, 0.5) is 16.2 Å². The van der Waals surface area contributed by atoms with E-state index in [0.29, 0.717) is 27.9 Å². The van der Waals surface area contributed by atoms with E-state index in [0.717, 1.165) is 11.3 Å². The molecule has 0 unspecified atom stereocenters. The molecule has 4 aromatic rings. The fourth-order valence-corrected chi connectivity index (χ4v) is 3.66. The number of nitrogens with zero attached hydrogens (tertiary/aromatic N) is 1. The van der Waals surface area contributed by atoms with Crippen molar-refractivity contribution in [1.82, 2.24) is 5.32 Å². The molecule has 2 N–H and O–H groups in total. The molecule has 38 heavy (non-hydrogen) atoms. The van der Waals surface area contributed by atoms with Gasteiger partial charge < -0.3 is 20.1 Å². The fourth-order valence-electron chi connectivity index (χ4n) is 3.53. The highest BCUT2D eigenvalue weighted by atomic mass is 35.5. The van der Waals surface area contributed by atoms with Crippen LogP contribution in [0.2, 0.25) is 5.02 Å². The third-order valence-corrected chi connectivity index (χ3v) is 5.77. The molecule has 4 rings (SSSR count). The average Bonchev–Trinajstić information content (AvgIpc) is 2.93. The zero-order chi connectivity index (χ0) is 26.7. The summed E-state index contributed by atoms with van der Waals surface area (Å²) in [5, 5.41) is 6.31. The summed E-state index contributed by atoms with van der Waals surface area (Å²) in [6, 6.07) is 30.6. The number of anilines is 2. The number of amides is 3. The van der Waals surface area contributed by atoms with E-state index < -0.39 is 0 Å². The first kappa shape index (κ1) is 26.6. The second-order valence-electron chi connectivity index (χ2n) is 8.45. The highest BCUT2D eigenvalue weighted by Crippen LogP contribution is 2.25. The average molecular weight is 530 g/mol. The number of halogens is 1. The van der Waals surface area contributed by atoms with Crippen molar-refractivity contribution in [3.8, 4) is 17.2 Å². The molecule has 0 aromatic heterocycles. The first-order chi connectivity index (χ1) is 18.5. The summed E-state index contributed by atoms with van der Waals surface area (Å²) in [5.74, 6) is 1.61. The third kappa shape index (κ3) is 8.01. The predicted molar refractivity (Wildman–Crippen MR) is 150 cm³/mol. The molecule has 3 amide bonds. The van der Waals surface area contributed by atoms with E-state index in [1.54, 1.807) is 53.4 Å². The van der Waals surface area contributed by atoms with Gasteiger partial charge in [-0.05, 0) is 79.7 Å². The molecule has 7 nitrogen and oxygen atoms in total. The van der Waals surface area contributed by atoms with Crippen molar-refractivity contribution in [1.29, 1.82) is 0 Å². The molecule has 0 atom stereocenters. The maximum Gasteiger partial charge on any atom is 0.326 e. The number of ether oxygens (including phenoxy) is 2. The molecule has 0 saturated carbocycles. The first-order valence-corrected chi connectivity index (χ1v) is 12.5. The van der Waals surface area contributed by atoms with Crippen LogP contribution in [0.1, 0.15) is 5.56 Å². The Morgan fingerprint density at radius 1 is 0.789 bits per heavy atom. The van der Waals surface area contributed by atoms with Gasteiger partial charge >= 0.3 is 6.03 Å². The van der Waals surface area contributed by atoms with Crippen LogP contribution in [0, 0.1) is 6.92 Å². The molecule has 194 valence electrons. The Balaban J connectivity index is 1.39. The number of benzene rings is 4. The van der Waals surface area contributed by atoms with Gasteiger partial charge in [0.1, 0.15) is 17.2 Å². The van der Waals surface area contributed by atoms with Crippen LogP contribution < -0.4 is 25.0 Å². The van der Waals surface area contributed by atoms with Crippen molar-refractivity contribution in [2.75, 3.05) is 29.9 Å². The van der Waals surface area contributed by atoms with Gasteiger partial charge in [-0.2, -0.15) is 0 Å². The number of hydrogen-bond donors (Lipinski definition) is 2. The van der Waals surface area contributed by atoms with E-state index >= 15 is 0 Å². The highest BCUT2D eigenvalue weighted by molar-refractivity contribution is 6.30. The Morgan fingerprint density at radius 3 is 2.11 bits per heavy atom. The summed E-state index contributed by atoms with van der Waals surface area (Å²) >= 11 is 5.87. The topological polar surface area (TPSA) is 79.9 Å². The minimum absolute atomic E-state index is 0.150. The van der Waals surface area contributed by atoms with Crippen LogP contribution >= 0.6 is 11.6 Å². The molecule has 0 aliphatic heterocycles. The van der Waals surface area contributed by atoms with Gasteiger partial charge in [0.2, 0.25) is 0 Å². The van der Waals surface area contributed by atoms with Gasteiger partial charge in [-0.25, -0.2) is 4.79 Å². The molecule has 0 heterocycles.